The third-order valence-corrected chi connectivity index (χ3v) is 6.28. The fourth-order valence-electron chi connectivity index (χ4n) is 3.98. The molecule has 0 saturated heterocycles. The van der Waals surface area contributed by atoms with Gasteiger partial charge in [-0.25, -0.2) is 0 Å². The number of amides is 2. The van der Waals surface area contributed by atoms with E-state index >= 15 is 0 Å². The van der Waals surface area contributed by atoms with Crippen LogP contribution in [0.1, 0.15) is 49.1 Å². The van der Waals surface area contributed by atoms with Gasteiger partial charge in [-0.15, -0.1) is 0 Å². The number of carbonyl (C=O) groups excluding carboxylic acids is 2. The standard InChI is InChI=1S/C24H16N4O2S/c1-13-6-2-3-7-15(13)21-20-17(23(29)27-21)10-14(12-25)11-18(20)26-24(30)22-16-8-4-5-9-19(16)31-28-22/h2-11,21H,1H3,(H,26,30)(H,27,29). The van der Waals surface area contributed by atoms with Crippen LogP contribution in [0.5, 0.6) is 0 Å². The quantitative estimate of drug-likeness (QED) is 0.504. The number of carbonyl (C=O) groups is 2. The van der Waals surface area contributed by atoms with Crippen molar-refractivity contribution < 1.29 is 9.59 Å². The number of aryl methyl sites for hydroxylation is 1. The normalized spacial score (nSPS) is 14.7. The Morgan fingerprint density at radius 3 is 2.74 bits per heavy atom. The fourth-order valence-corrected chi connectivity index (χ4v) is 4.75. The molecular weight excluding hydrogens is 408 g/mol. The third kappa shape index (κ3) is 3.14. The summed E-state index contributed by atoms with van der Waals surface area (Å²) in [6.45, 7) is 1.97. The second-order valence-corrected chi connectivity index (χ2v) is 8.15. The first-order valence-electron chi connectivity index (χ1n) is 9.67. The van der Waals surface area contributed by atoms with Gasteiger partial charge in [-0.05, 0) is 47.8 Å². The molecule has 2 N–H and O–H groups in total. The van der Waals surface area contributed by atoms with Crippen LogP contribution in [-0.4, -0.2) is 16.2 Å². The van der Waals surface area contributed by atoms with Crippen molar-refractivity contribution in [3.05, 3.63) is 94.2 Å². The molecule has 5 rings (SSSR count). The zero-order valence-corrected chi connectivity index (χ0v) is 17.3. The number of hydrogen-bond acceptors (Lipinski definition) is 5. The maximum absolute atomic E-state index is 13.1. The van der Waals surface area contributed by atoms with Crippen LogP contribution in [0.25, 0.3) is 10.1 Å². The average Bonchev–Trinajstić information content (AvgIpc) is 3.35. The van der Waals surface area contributed by atoms with E-state index in [1.165, 1.54) is 11.5 Å². The number of hydrogen-bond donors (Lipinski definition) is 2. The van der Waals surface area contributed by atoms with Crippen molar-refractivity contribution in [2.75, 3.05) is 5.32 Å². The lowest BCUT2D eigenvalue weighted by molar-refractivity contribution is 0.0959. The van der Waals surface area contributed by atoms with E-state index in [0.717, 1.165) is 21.2 Å². The van der Waals surface area contributed by atoms with Crippen molar-refractivity contribution >= 4 is 39.1 Å². The number of nitrogens with zero attached hydrogens (tertiary/aromatic N) is 2. The lowest BCUT2D eigenvalue weighted by Gasteiger charge is -2.18. The minimum atomic E-state index is -0.418. The van der Waals surface area contributed by atoms with Crippen LogP contribution in [0, 0.1) is 18.3 Å². The molecule has 6 nitrogen and oxygen atoms in total. The summed E-state index contributed by atoms with van der Waals surface area (Å²) in [5, 5.41) is 16.1. The minimum Gasteiger partial charge on any atom is -0.341 e. The molecule has 0 aliphatic carbocycles. The molecule has 4 aromatic rings. The van der Waals surface area contributed by atoms with E-state index in [-0.39, 0.29) is 11.8 Å². The summed E-state index contributed by atoms with van der Waals surface area (Å²) in [5.41, 5.74) is 4.07. The molecule has 1 aliphatic heterocycles. The predicted octanol–water partition coefficient (Wildman–Crippen LogP) is 4.56. The zero-order chi connectivity index (χ0) is 21.5. The number of nitriles is 1. The Morgan fingerprint density at radius 1 is 1.16 bits per heavy atom. The maximum Gasteiger partial charge on any atom is 0.276 e. The van der Waals surface area contributed by atoms with Gasteiger partial charge in [-0.1, -0.05) is 42.5 Å². The first-order chi connectivity index (χ1) is 15.1. The van der Waals surface area contributed by atoms with E-state index in [1.54, 1.807) is 12.1 Å². The van der Waals surface area contributed by atoms with Crippen molar-refractivity contribution in [2.24, 2.45) is 0 Å². The highest BCUT2D eigenvalue weighted by atomic mass is 32.1. The highest BCUT2D eigenvalue weighted by Crippen LogP contribution is 2.38. The highest BCUT2D eigenvalue weighted by Gasteiger charge is 2.34. The summed E-state index contributed by atoms with van der Waals surface area (Å²) >= 11 is 1.26. The Bertz CT molecular complexity index is 1420. The molecule has 2 heterocycles. The molecule has 0 bridgehead atoms. The van der Waals surface area contributed by atoms with Crippen LogP contribution in [0.4, 0.5) is 5.69 Å². The van der Waals surface area contributed by atoms with Gasteiger partial charge < -0.3 is 10.6 Å². The Balaban J connectivity index is 1.62. The highest BCUT2D eigenvalue weighted by molar-refractivity contribution is 7.13. The Hall–Kier alpha value is -4.02. The molecule has 3 aromatic carbocycles. The molecule has 2 amide bonds. The summed E-state index contributed by atoms with van der Waals surface area (Å²) in [7, 11) is 0. The number of aromatic nitrogens is 1. The van der Waals surface area contributed by atoms with Crippen molar-refractivity contribution in [2.45, 2.75) is 13.0 Å². The molecule has 150 valence electrons. The Morgan fingerprint density at radius 2 is 1.94 bits per heavy atom. The molecule has 1 unspecified atom stereocenters. The van der Waals surface area contributed by atoms with Crippen LogP contribution in [-0.2, 0) is 0 Å². The van der Waals surface area contributed by atoms with Gasteiger partial charge >= 0.3 is 0 Å². The number of rotatable bonds is 3. The molecule has 0 fully saturated rings. The molecule has 7 heteroatoms. The van der Waals surface area contributed by atoms with Crippen LogP contribution in [0.15, 0.2) is 60.7 Å². The lowest BCUT2D eigenvalue weighted by atomic mass is 9.92. The number of fused-ring (bicyclic) bond motifs is 2. The van der Waals surface area contributed by atoms with Gasteiger partial charge in [-0.2, -0.15) is 9.64 Å². The second kappa shape index (κ2) is 7.35. The van der Waals surface area contributed by atoms with Gasteiger partial charge in [-0.3, -0.25) is 9.59 Å². The predicted molar refractivity (Wildman–Crippen MR) is 119 cm³/mol. The lowest BCUT2D eigenvalue weighted by Crippen LogP contribution is -2.21. The molecule has 1 atom stereocenters. The van der Waals surface area contributed by atoms with Crippen LogP contribution >= 0.6 is 11.5 Å². The van der Waals surface area contributed by atoms with E-state index < -0.39 is 6.04 Å². The number of nitrogens with one attached hydrogen (secondary N) is 2. The Labute approximate surface area is 182 Å². The van der Waals surface area contributed by atoms with Gasteiger partial charge in [0.2, 0.25) is 0 Å². The Kier molecular flexibility index (Phi) is 4.50. The maximum atomic E-state index is 13.1. The SMILES string of the molecule is Cc1ccccc1C1NC(=O)c2cc(C#N)cc(NC(=O)c3nsc4ccccc34)c21. The smallest absolute Gasteiger partial charge is 0.276 e. The van der Waals surface area contributed by atoms with Gasteiger partial charge in [0.05, 0.1) is 22.4 Å². The van der Waals surface area contributed by atoms with Crippen LogP contribution < -0.4 is 10.6 Å². The van der Waals surface area contributed by atoms with Crippen molar-refractivity contribution in [1.82, 2.24) is 9.69 Å². The largest absolute Gasteiger partial charge is 0.341 e. The van der Waals surface area contributed by atoms with E-state index in [1.807, 2.05) is 55.5 Å². The zero-order valence-electron chi connectivity index (χ0n) is 16.5. The van der Waals surface area contributed by atoms with Gasteiger partial charge in [0.15, 0.2) is 0 Å². The first kappa shape index (κ1) is 19.0. The number of anilines is 1. The van der Waals surface area contributed by atoms with Gasteiger partial charge in [0.1, 0.15) is 5.69 Å². The van der Waals surface area contributed by atoms with Crippen molar-refractivity contribution in [3.8, 4) is 6.07 Å². The molecule has 1 aromatic heterocycles. The summed E-state index contributed by atoms with van der Waals surface area (Å²) in [4.78, 5) is 25.9. The molecule has 0 radical (unpaired) electrons. The molecule has 0 saturated carbocycles. The third-order valence-electron chi connectivity index (χ3n) is 5.46. The van der Waals surface area contributed by atoms with Gasteiger partial charge in [0.25, 0.3) is 11.8 Å². The van der Waals surface area contributed by atoms with E-state index in [4.69, 9.17) is 0 Å². The first-order valence-corrected chi connectivity index (χ1v) is 10.4. The van der Waals surface area contributed by atoms with Gasteiger partial charge in [0, 0.05) is 22.2 Å². The summed E-state index contributed by atoms with van der Waals surface area (Å²) in [6.07, 6.45) is 0. The van der Waals surface area contributed by atoms with E-state index in [2.05, 4.69) is 21.1 Å². The average molecular weight is 424 g/mol. The molecular formula is C24H16N4O2S. The fraction of sp³-hybridized carbons (Fsp3) is 0.0833. The number of benzene rings is 3. The van der Waals surface area contributed by atoms with Crippen LogP contribution in [0.3, 0.4) is 0 Å². The van der Waals surface area contributed by atoms with Crippen LogP contribution in [0.2, 0.25) is 0 Å². The topological polar surface area (TPSA) is 94.9 Å². The molecule has 0 spiro atoms. The van der Waals surface area contributed by atoms with Crippen molar-refractivity contribution in [1.29, 1.82) is 5.26 Å². The van der Waals surface area contributed by atoms with E-state index in [0.29, 0.717) is 28.1 Å². The summed E-state index contributed by atoms with van der Waals surface area (Å²) < 4.78 is 5.23. The molecule has 1 aliphatic rings. The molecule has 31 heavy (non-hydrogen) atoms. The van der Waals surface area contributed by atoms with Crippen molar-refractivity contribution in [3.63, 3.8) is 0 Å². The summed E-state index contributed by atoms with van der Waals surface area (Å²) in [5.74, 6) is -0.646. The second-order valence-electron chi connectivity index (χ2n) is 7.34. The minimum absolute atomic E-state index is 0.269. The van der Waals surface area contributed by atoms with E-state index in [9.17, 15) is 14.9 Å². The monoisotopic (exact) mass is 424 g/mol. The summed E-state index contributed by atoms with van der Waals surface area (Å²) in [6, 6.07) is 20.1.